The minimum atomic E-state index is -4.53. The molecule has 0 aliphatic carbocycles. The first-order valence-corrected chi connectivity index (χ1v) is 12.5. The molecule has 0 atom stereocenters. The van der Waals surface area contributed by atoms with Crippen molar-refractivity contribution in [3.63, 3.8) is 0 Å². The molecule has 0 saturated heterocycles. The fraction of sp³-hybridized carbons (Fsp3) is 0.100. The number of nitrogens with one attached hydrogen (secondary N) is 2. The van der Waals surface area contributed by atoms with Gasteiger partial charge in [-0.3, -0.25) is 29.7 Å². The molecule has 0 heterocycles. The molecule has 35 heavy (non-hydrogen) atoms. The lowest BCUT2D eigenvalue weighted by Crippen LogP contribution is -2.19. The number of hydrogen-bond acceptors (Lipinski definition) is 8. The van der Waals surface area contributed by atoms with Gasteiger partial charge in [0.1, 0.15) is 5.82 Å². The zero-order valence-corrected chi connectivity index (χ0v) is 19.7. The van der Waals surface area contributed by atoms with Gasteiger partial charge >= 0.3 is 0 Å². The highest BCUT2D eigenvalue weighted by molar-refractivity contribution is 7.93. The summed E-state index contributed by atoms with van der Waals surface area (Å²) in [4.78, 5) is 19.6. The van der Waals surface area contributed by atoms with E-state index in [0.29, 0.717) is 6.07 Å². The predicted molar refractivity (Wildman–Crippen MR) is 124 cm³/mol. The van der Waals surface area contributed by atoms with E-state index in [0.717, 1.165) is 36.4 Å². The maximum atomic E-state index is 14.0. The smallest absolute Gasteiger partial charge is 0.270 e. The molecule has 3 rings (SSSR count). The Labute approximate surface area is 198 Å². The van der Waals surface area contributed by atoms with E-state index in [1.807, 2.05) is 4.72 Å². The highest BCUT2D eigenvalue weighted by Crippen LogP contribution is 2.31. The number of non-ortho nitro benzene ring substituents is 2. The van der Waals surface area contributed by atoms with Crippen LogP contribution in [0.15, 0.2) is 64.4 Å². The molecule has 0 spiro atoms. The van der Waals surface area contributed by atoms with Crippen molar-refractivity contribution in [2.45, 2.75) is 23.6 Å². The Balaban J connectivity index is 2.05. The number of rotatable bonds is 8. The maximum absolute atomic E-state index is 14.0. The van der Waals surface area contributed by atoms with Gasteiger partial charge in [0.05, 0.1) is 31.0 Å². The SMILES string of the molecule is Cc1ccc([N+](=O)[O-])cc1S(=O)(=O)Nc1ccc(F)cc1NS(=O)(=O)c1cc([N+](=O)[O-])ccc1C. The predicted octanol–water partition coefficient (Wildman–Crippen LogP) is 3.86. The number of nitro benzene ring substituents is 2. The number of nitrogens with zero attached hydrogens (tertiary/aromatic N) is 2. The molecule has 0 radical (unpaired) electrons. The number of anilines is 2. The van der Waals surface area contributed by atoms with Crippen molar-refractivity contribution in [1.29, 1.82) is 0 Å². The summed E-state index contributed by atoms with van der Waals surface area (Å²) in [5.41, 5.74) is -1.57. The first-order valence-electron chi connectivity index (χ1n) is 9.56. The van der Waals surface area contributed by atoms with E-state index >= 15 is 0 Å². The molecule has 3 aromatic rings. The van der Waals surface area contributed by atoms with Crippen LogP contribution in [0.2, 0.25) is 0 Å². The lowest BCUT2D eigenvalue weighted by Gasteiger charge is -2.16. The molecular formula is C20H17FN4O8S2. The molecule has 3 aromatic carbocycles. The van der Waals surface area contributed by atoms with Gasteiger partial charge < -0.3 is 0 Å². The van der Waals surface area contributed by atoms with Crippen LogP contribution < -0.4 is 9.44 Å². The maximum Gasteiger partial charge on any atom is 0.270 e. The molecule has 0 bridgehead atoms. The number of halogens is 1. The van der Waals surface area contributed by atoms with E-state index in [1.54, 1.807) is 0 Å². The summed E-state index contributed by atoms with van der Waals surface area (Å²) in [6.45, 7) is 2.79. The summed E-state index contributed by atoms with van der Waals surface area (Å²) in [5.74, 6) is -0.909. The molecule has 15 heteroatoms. The third-order valence-corrected chi connectivity index (χ3v) is 7.83. The average molecular weight is 525 g/mol. The standard InChI is InChI=1S/C20H17FN4O8S2/c1-12-3-6-15(24(26)27)10-19(12)34(30,31)22-17-8-5-14(21)9-18(17)23-35(32,33)20-11-16(25(28)29)7-4-13(20)2/h3-11,22-23H,1-2H3. The molecular weight excluding hydrogens is 507 g/mol. The Hall–Kier alpha value is -4.11. The number of nitro groups is 2. The molecule has 0 aromatic heterocycles. The van der Waals surface area contributed by atoms with Gasteiger partial charge in [0.2, 0.25) is 0 Å². The highest BCUT2D eigenvalue weighted by atomic mass is 32.2. The van der Waals surface area contributed by atoms with E-state index in [4.69, 9.17) is 0 Å². The molecule has 0 fully saturated rings. The van der Waals surface area contributed by atoms with Gasteiger partial charge in [-0.2, -0.15) is 0 Å². The van der Waals surface area contributed by atoms with Crippen LogP contribution in [0, 0.1) is 39.9 Å². The number of sulfonamides is 2. The summed E-state index contributed by atoms with van der Waals surface area (Å²) in [5, 5.41) is 22.1. The largest absolute Gasteiger partial charge is 0.277 e. The van der Waals surface area contributed by atoms with E-state index in [1.165, 1.54) is 26.0 Å². The number of hydrogen-bond donors (Lipinski definition) is 2. The Morgan fingerprint density at radius 1 is 0.686 bits per heavy atom. The zero-order chi connectivity index (χ0) is 26.1. The molecule has 0 amide bonds. The number of aryl methyl sites for hydroxylation is 2. The van der Waals surface area contributed by atoms with Crippen LogP contribution in [-0.2, 0) is 20.0 Å². The Bertz CT molecular complexity index is 1570. The molecule has 12 nitrogen and oxygen atoms in total. The second kappa shape index (κ2) is 9.27. The lowest BCUT2D eigenvalue weighted by atomic mass is 10.2. The van der Waals surface area contributed by atoms with E-state index in [9.17, 15) is 41.5 Å². The fourth-order valence-electron chi connectivity index (χ4n) is 3.07. The normalized spacial score (nSPS) is 11.6. The number of benzene rings is 3. The van der Waals surface area contributed by atoms with Crippen LogP contribution >= 0.6 is 0 Å². The van der Waals surface area contributed by atoms with Gasteiger partial charge in [-0.05, 0) is 37.1 Å². The van der Waals surface area contributed by atoms with Crippen molar-refractivity contribution in [3.8, 4) is 0 Å². The summed E-state index contributed by atoms with van der Waals surface area (Å²) < 4.78 is 70.0. The zero-order valence-electron chi connectivity index (χ0n) is 18.1. The summed E-state index contributed by atoms with van der Waals surface area (Å²) in [7, 11) is -9.01. The average Bonchev–Trinajstić information content (AvgIpc) is 2.75. The second-order valence-electron chi connectivity index (χ2n) is 7.31. The summed E-state index contributed by atoms with van der Waals surface area (Å²) in [6, 6.07) is 8.85. The second-order valence-corrected chi connectivity index (χ2v) is 10.6. The van der Waals surface area contributed by atoms with Crippen molar-refractivity contribution in [1.82, 2.24) is 0 Å². The third-order valence-electron chi connectivity index (χ3n) is 4.81. The van der Waals surface area contributed by atoms with Gasteiger partial charge in [-0.25, -0.2) is 21.2 Å². The quantitative estimate of drug-likeness (QED) is 0.329. The molecule has 0 aliphatic rings. The van der Waals surface area contributed by atoms with Gasteiger partial charge in [0.25, 0.3) is 31.4 Å². The van der Waals surface area contributed by atoms with Gasteiger partial charge in [-0.1, -0.05) is 12.1 Å². The summed E-state index contributed by atoms with van der Waals surface area (Å²) in [6.07, 6.45) is 0. The highest BCUT2D eigenvalue weighted by Gasteiger charge is 2.25. The first kappa shape index (κ1) is 25.5. The third kappa shape index (κ3) is 5.52. The van der Waals surface area contributed by atoms with Crippen LogP contribution in [0.4, 0.5) is 27.1 Å². The Morgan fingerprint density at radius 2 is 1.11 bits per heavy atom. The van der Waals surface area contributed by atoms with E-state index in [-0.39, 0.29) is 16.8 Å². The summed E-state index contributed by atoms with van der Waals surface area (Å²) >= 11 is 0. The Kier molecular flexibility index (Phi) is 6.75. The van der Waals surface area contributed by atoms with Crippen LogP contribution in [0.5, 0.6) is 0 Å². The van der Waals surface area contributed by atoms with E-state index in [2.05, 4.69) is 4.72 Å². The minimum Gasteiger partial charge on any atom is -0.277 e. The van der Waals surface area contributed by atoms with Crippen molar-refractivity contribution in [3.05, 3.63) is 91.8 Å². The topological polar surface area (TPSA) is 179 Å². The first-order chi connectivity index (χ1) is 16.2. The van der Waals surface area contributed by atoms with Crippen LogP contribution in [0.25, 0.3) is 0 Å². The molecule has 0 saturated carbocycles. The lowest BCUT2D eigenvalue weighted by molar-refractivity contribution is -0.385. The van der Waals surface area contributed by atoms with Crippen LogP contribution in [0.1, 0.15) is 11.1 Å². The van der Waals surface area contributed by atoms with Gasteiger partial charge in [0.15, 0.2) is 0 Å². The van der Waals surface area contributed by atoms with Crippen LogP contribution in [-0.4, -0.2) is 26.7 Å². The van der Waals surface area contributed by atoms with Crippen molar-refractivity contribution in [2.75, 3.05) is 9.44 Å². The van der Waals surface area contributed by atoms with Crippen molar-refractivity contribution >= 4 is 42.8 Å². The molecule has 2 N–H and O–H groups in total. The fourth-order valence-corrected chi connectivity index (χ4v) is 5.75. The van der Waals surface area contributed by atoms with Gasteiger partial charge in [0, 0.05) is 30.3 Å². The minimum absolute atomic E-state index is 0.147. The Morgan fingerprint density at radius 3 is 1.54 bits per heavy atom. The van der Waals surface area contributed by atoms with Crippen molar-refractivity contribution in [2.24, 2.45) is 0 Å². The van der Waals surface area contributed by atoms with Crippen LogP contribution in [0.3, 0.4) is 0 Å². The molecule has 0 aliphatic heterocycles. The van der Waals surface area contributed by atoms with Gasteiger partial charge in [-0.15, -0.1) is 0 Å². The monoisotopic (exact) mass is 524 g/mol. The molecule has 184 valence electrons. The van der Waals surface area contributed by atoms with E-state index < -0.39 is 62.6 Å². The molecule has 0 unspecified atom stereocenters. The van der Waals surface area contributed by atoms with Crippen molar-refractivity contribution < 1.29 is 31.1 Å².